The topological polar surface area (TPSA) is 117 Å². The third-order valence-electron chi connectivity index (χ3n) is 6.67. The summed E-state index contributed by atoms with van der Waals surface area (Å²) in [6, 6.07) is 11.4. The summed E-state index contributed by atoms with van der Waals surface area (Å²) in [7, 11) is 1.85. The number of hydrogen-bond donors (Lipinski definition) is 4. The first-order chi connectivity index (χ1) is 17.6. The van der Waals surface area contributed by atoms with Gasteiger partial charge in [-0.15, -0.1) is 5.10 Å². The number of hydrogen-bond acceptors (Lipinski definition) is 7. The maximum atomic E-state index is 12.0. The smallest absolute Gasteiger partial charge is 0.251 e. The maximum Gasteiger partial charge on any atom is 0.251 e. The highest BCUT2D eigenvalue weighted by molar-refractivity contribution is 5.94. The van der Waals surface area contributed by atoms with Crippen LogP contribution in [0.5, 0.6) is 0 Å². The molecule has 9 heteroatoms. The Morgan fingerprint density at radius 3 is 2.58 bits per heavy atom. The molecule has 4 N–H and O–H groups in total. The lowest BCUT2D eigenvalue weighted by Crippen LogP contribution is -2.27. The zero-order chi connectivity index (χ0) is 25.1. The Labute approximate surface area is 211 Å². The van der Waals surface area contributed by atoms with Crippen molar-refractivity contribution in [2.45, 2.75) is 51.2 Å². The molecule has 2 fully saturated rings. The summed E-state index contributed by atoms with van der Waals surface area (Å²) in [6.07, 6.45) is 6.88. The van der Waals surface area contributed by atoms with E-state index in [1.807, 2.05) is 32.2 Å². The van der Waals surface area contributed by atoms with E-state index in [1.54, 1.807) is 16.8 Å². The fourth-order valence-corrected chi connectivity index (χ4v) is 4.64. The molecule has 1 amide bonds. The fourth-order valence-electron chi connectivity index (χ4n) is 4.64. The highest BCUT2D eigenvalue weighted by Crippen LogP contribution is 2.47. The van der Waals surface area contributed by atoms with Crippen molar-refractivity contribution < 1.29 is 9.53 Å². The summed E-state index contributed by atoms with van der Waals surface area (Å²) in [6.45, 7) is 3.26. The fraction of sp³-hybridized carbons (Fsp3) is 0.407. The number of carbonyl (C=O) groups excluding carboxylic acids is 1. The van der Waals surface area contributed by atoms with Crippen LogP contribution in [0.15, 0.2) is 36.4 Å². The van der Waals surface area contributed by atoms with Crippen LogP contribution in [0.2, 0.25) is 0 Å². The minimum absolute atomic E-state index is 0.0101. The molecule has 188 valence electrons. The van der Waals surface area contributed by atoms with E-state index in [1.165, 1.54) is 6.21 Å². The van der Waals surface area contributed by atoms with Crippen LogP contribution in [0.25, 0.3) is 11.4 Å². The number of benzene rings is 2. The second kappa shape index (κ2) is 10.5. The van der Waals surface area contributed by atoms with Gasteiger partial charge in [-0.05, 0) is 74.8 Å². The molecule has 2 heterocycles. The van der Waals surface area contributed by atoms with E-state index in [4.69, 9.17) is 15.1 Å². The third-order valence-corrected chi connectivity index (χ3v) is 6.67. The Kier molecular flexibility index (Phi) is 6.99. The van der Waals surface area contributed by atoms with Gasteiger partial charge in [-0.3, -0.25) is 4.79 Å². The van der Waals surface area contributed by atoms with Crippen LogP contribution in [-0.2, 0) is 11.8 Å². The number of rotatable bonds is 9. The maximum absolute atomic E-state index is 12.0. The lowest BCUT2D eigenvalue weighted by Gasteiger charge is -2.26. The van der Waals surface area contributed by atoms with Crippen molar-refractivity contribution in [3.05, 3.63) is 53.1 Å². The Balaban J connectivity index is 1.39. The predicted molar refractivity (Wildman–Crippen MR) is 141 cm³/mol. The number of nitrogens with zero attached hydrogens (tertiary/aromatic N) is 3. The molecule has 2 aliphatic rings. The largest absolute Gasteiger partial charge is 0.360 e. The van der Waals surface area contributed by atoms with Gasteiger partial charge in [0.2, 0.25) is 5.95 Å². The number of aromatic nitrogens is 3. The van der Waals surface area contributed by atoms with Gasteiger partial charge in [0.05, 0.1) is 0 Å². The second-order valence-corrected chi connectivity index (χ2v) is 9.35. The molecule has 36 heavy (non-hydrogen) atoms. The third kappa shape index (κ3) is 5.11. The van der Waals surface area contributed by atoms with Crippen molar-refractivity contribution in [1.82, 2.24) is 20.1 Å². The van der Waals surface area contributed by atoms with Crippen molar-refractivity contribution in [1.29, 1.82) is 5.41 Å². The van der Waals surface area contributed by atoms with E-state index in [9.17, 15) is 4.79 Å². The molecule has 1 unspecified atom stereocenters. The molecule has 1 saturated heterocycles. The van der Waals surface area contributed by atoms with Gasteiger partial charge in [0.1, 0.15) is 6.23 Å². The normalized spacial score (nSPS) is 17.4. The summed E-state index contributed by atoms with van der Waals surface area (Å²) < 4.78 is 7.59. The predicted octanol–water partition coefficient (Wildman–Crippen LogP) is 4.79. The van der Waals surface area contributed by atoms with Crippen molar-refractivity contribution >= 4 is 29.4 Å². The standard InChI is InChI=1S/C27H33N7O2/c1-3-29-26(35)19-11-9-18(10-12-19)25-32-27(34(2)33-25)31-22-14-13-21(30-23-6-4-5-15-36-23)20(16-28)24(22)17-7-8-17/h9-14,16-17,23,28,30H,3-8,15H2,1-2H3,(H,29,35)(H,31,32,33). The molecule has 1 saturated carbocycles. The number of ether oxygens (including phenoxy) is 1. The van der Waals surface area contributed by atoms with Crippen LogP contribution in [-0.4, -0.2) is 46.3 Å². The first-order valence-electron chi connectivity index (χ1n) is 12.7. The summed E-state index contributed by atoms with van der Waals surface area (Å²) in [5, 5.41) is 22.5. The van der Waals surface area contributed by atoms with Gasteiger partial charge in [0.25, 0.3) is 5.91 Å². The van der Waals surface area contributed by atoms with E-state index >= 15 is 0 Å². The average molecular weight is 488 g/mol. The number of carbonyl (C=O) groups is 1. The SMILES string of the molecule is CCNC(=O)c1ccc(-c2nc(Nc3ccc(NC4CCCCO4)c(C=N)c3C3CC3)n(C)n2)cc1. The highest BCUT2D eigenvalue weighted by Gasteiger charge is 2.30. The second-order valence-electron chi connectivity index (χ2n) is 9.35. The van der Waals surface area contributed by atoms with E-state index < -0.39 is 0 Å². The lowest BCUT2D eigenvalue weighted by molar-refractivity contribution is 0.0343. The Hall–Kier alpha value is -3.72. The van der Waals surface area contributed by atoms with E-state index in [0.717, 1.165) is 66.8 Å². The molecular formula is C27H33N7O2. The first-order valence-corrected chi connectivity index (χ1v) is 12.7. The van der Waals surface area contributed by atoms with Crippen molar-refractivity contribution in [3.63, 3.8) is 0 Å². The number of nitrogens with one attached hydrogen (secondary N) is 4. The Morgan fingerprint density at radius 2 is 1.92 bits per heavy atom. The van der Waals surface area contributed by atoms with Crippen molar-refractivity contribution in [2.75, 3.05) is 23.8 Å². The van der Waals surface area contributed by atoms with Crippen LogP contribution >= 0.6 is 0 Å². The average Bonchev–Trinajstić information content (AvgIpc) is 3.68. The summed E-state index contributed by atoms with van der Waals surface area (Å²) in [5.74, 6) is 1.53. The minimum Gasteiger partial charge on any atom is -0.360 e. The summed E-state index contributed by atoms with van der Waals surface area (Å²) in [4.78, 5) is 16.8. The van der Waals surface area contributed by atoms with Gasteiger partial charge < -0.3 is 26.1 Å². The molecule has 5 rings (SSSR count). The van der Waals surface area contributed by atoms with E-state index in [0.29, 0.717) is 29.8 Å². The number of anilines is 3. The van der Waals surface area contributed by atoms with E-state index in [-0.39, 0.29) is 12.1 Å². The van der Waals surface area contributed by atoms with Gasteiger partial charge >= 0.3 is 0 Å². The van der Waals surface area contributed by atoms with Crippen LogP contribution < -0.4 is 16.0 Å². The first kappa shape index (κ1) is 24.0. The molecule has 3 aromatic rings. The zero-order valence-electron chi connectivity index (χ0n) is 20.8. The number of aryl methyl sites for hydroxylation is 1. The molecule has 1 aliphatic carbocycles. The van der Waals surface area contributed by atoms with Crippen LogP contribution in [0.1, 0.15) is 66.4 Å². The van der Waals surface area contributed by atoms with Crippen LogP contribution in [0.4, 0.5) is 17.3 Å². The highest BCUT2D eigenvalue weighted by atomic mass is 16.5. The van der Waals surface area contributed by atoms with E-state index in [2.05, 4.69) is 27.1 Å². The zero-order valence-corrected chi connectivity index (χ0v) is 20.8. The van der Waals surface area contributed by atoms with Crippen LogP contribution in [0.3, 0.4) is 0 Å². The molecule has 2 aromatic carbocycles. The molecule has 1 aliphatic heterocycles. The van der Waals surface area contributed by atoms with Gasteiger partial charge in [0, 0.05) is 54.5 Å². The molecule has 1 aromatic heterocycles. The lowest BCUT2D eigenvalue weighted by atomic mass is 9.99. The molecule has 0 spiro atoms. The Morgan fingerprint density at radius 1 is 1.14 bits per heavy atom. The van der Waals surface area contributed by atoms with Gasteiger partial charge in [-0.2, -0.15) is 4.98 Å². The summed E-state index contributed by atoms with van der Waals surface area (Å²) >= 11 is 0. The number of amides is 1. The van der Waals surface area contributed by atoms with Crippen LogP contribution in [0, 0.1) is 5.41 Å². The molecule has 9 nitrogen and oxygen atoms in total. The van der Waals surface area contributed by atoms with Crippen molar-refractivity contribution in [3.8, 4) is 11.4 Å². The minimum atomic E-state index is -0.0945. The molecule has 0 radical (unpaired) electrons. The van der Waals surface area contributed by atoms with Gasteiger partial charge in [0.15, 0.2) is 5.82 Å². The quantitative estimate of drug-likeness (QED) is 0.323. The molecular weight excluding hydrogens is 454 g/mol. The van der Waals surface area contributed by atoms with Gasteiger partial charge in [-0.1, -0.05) is 12.1 Å². The van der Waals surface area contributed by atoms with Crippen molar-refractivity contribution in [2.24, 2.45) is 7.05 Å². The monoisotopic (exact) mass is 487 g/mol. The molecule has 0 bridgehead atoms. The Bertz CT molecular complexity index is 1240. The summed E-state index contributed by atoms with van der Waals surface area (Å²) in [5.41, 5.74) is 5.37. The molecule has 1 atom stereocenters. The van der Waals surface area contributed by atoms with Gasteiger partial charge in [-0.25, -0.2) is 4.68 Å².